The smallest absolute Gasteiger partial charge is 0.225 e. The van der Waals surface area contributed by atoms with Crippen LogP contribution in [0.15, 0.2) is 24.5 Å². The summed E-state index contributed by atoms with van der Waals surface area (Å²) in [4.78, 5) is 10.7. The predicted octanol–water partition coefficient (Wildman–Crippen LogP) is 1.03. The molecule has 6 heteroatoms. The molecule has 0 saturated carbocycles. The molecule has 0 aliphatic carbocycles. The van der Waals surface area contributed by atoms with Crippen molar-refractivity contribution in [3.8, 4) is 0 Å². The van der Waals surface area contributed by atoms with Crippen molar-refractivity contribution in [2.75, 3.05) is 11.4 Å². The van der Waals surface area contributed by atoms with E-state index in [2.05, 4.69) is 25.1 Å². The second kappa shape index (κ2) is 4.73. The van der Waals surface area contributed by atoms with Gasteiger partial charge in [0.1, 0.15) is 0 Å². The van der Waals surface area contributed by atoms with Crippen LogP contribution in [0, 0.1) is 0 Å². The van der Waals surface area contributed by atoms with Gasteiger partial charge in [-0.3, -0.25) is 5.10 Å². The van der Waals surface area contributed by atoms with Gasteiger partial charge in [0, 0.05) is 18.9 Å². The van der Waals surface area contributed by atoms with Gasteiger partial charge in [0.2, 0.25) is 5.95 Å². The van der Waals surface area contributed by atoms with Gasteiger partial charge in [-0.1, -0.05) is 0 Å². The zero-order valence-corrected chi connectivity index (χ0v) is 9.95. The lowest BCUT2D eigenvalue weighted by Crippen LogP contribution is -2.24. The molecule has 6 nitrogen and oxygen atoms in total. The number of anilines is 1. The van der Waals surface area contributed by atoms with E-state index in [-0.39, 0.29) is 12.6 Å². The summed E-state index contributed by atoms with van der Waals surface area (Å²) >= 11 is 0. The maximum atomic E-state index is 9.07. The second-order valence-corrected chi connectivity index (χ2v) is 4.38. The third kappa shape index (κ3) is 1.95. The van der Waals surface area contributed by atoms with Crippen LogP contribution in [0.1, 0.15) is 30.3 Å². The highest BCUT2D eigenvalue weighted by Crippen LogP contribution is 2.33. The molecule has 2 N–H and O–H groups in total. The van der Waals surface area contributed by atoms with E-state index in [9.17, 15) is 0 Å². The maximum absolute atomic E-state index is 9.07. The molecule has 2 aromatic heterocycles. The minimum Gasteiger partial charge on any atom is -0.390 e. The van der Waals surface area contributed by atoms with Crippen LogP contribution in [-0.4, -0.2) is 31.8 Å². The number of rotatable bonds is 3. The lowest BCUT2D eigenvalue weighted by molar-refractivity contribution is 0.276. The summed E-state index contributed by atoms with van der Waals surface area (Å²) in [6.45, 7) is 0.928. The number of aliphatic hydroxyl groups excluding tert-OH is 1. The molecule has 0 unspecified atom stereocenters. The fourth-order valence-electron chi connectivity index (χ4n) is 2.38. The lowest BCUT2D eigenvalue weighted by Gasteiger charge is -2.22. The summed E-state index contributed by atoms with van der Waals surface area (Å²) < 4.78 is 0. The van der Waals surface area contributed by atoms with Gasteiger partial charge in [0.25, 0.3) is 0 Å². The van der Waals surface area contributed by atoms with Gasteiger partial charge in [-0.2, -0.15) is 5.10 Å². The van der Waals surface area contributed by atoms with E-state index < -0.39 is 0 Å². The SMILES string of the molecule is OCc1cc([C@@H]2CCCN2c2ncccn2)n[nH]1. The molecule has 0 spiro atoms. The molecule has 0 bridgehead atoms. The van der Waals surface area contributed by atoms with Crippen molar-refractivity contribution < 1.29 is 5.11 Å². The van der Waals surface area contributed by atoms with E-state index in [1.54, 1.807) is 12.4 Å². The maximum Gasteiger partial charge on any atom is 0.225 e. The summed E-state index contributed by atoms with van der Waals surface area (Å²) in [5.41, 5.74) is 1.69. The lowest BCUT2D eigenvalue weighted by atomic mass is 10.1. The van der Waals surface area contributed by atoms with Crippen molar-refractivity contribution in [3.63, 3.8) is 0 Å². The molecule has 1 atom stereocenters. The monoisotopic (exact) mass is 245 g/mol. The molecule has 2 aromatic rings. The van der Waals surface area contributed by atoms with Crippen LogP contribution in [0.2, 0.25) is 0 Å². The van der Waals surface area contributed by atoms with Gasteiger partial charge in [-0.25, -0.2) is 9.97 Å². The summed E-state index contributed by atoms with van der Waals surface area (Å²) in [6, 6.07) is 3.92. The summed E-state index contributed by atoms with van der Waals surface area (Å²) in [5, 5.41) is 16.2. The average molecular weight is 245 g/mol. The first kappa shape index (κ1) is 11.2. The van der Waals surface area contributed by atoms with Crippen molar-refractivity contribution in [3.05, 3.63) is 35.9 Å². The number of aromatic nitrogens is 4. The Labute approximate surface area is 105 Å². The topological polar surface area (TPSA) is 77.9 Å². The van der Waals surface area contributed by atoms with Crippen LogP contribution >= 0.6 is 0 Å². The number of nitrogens with zero attached hydrogens (tertiary/aromatic N) is 4. The standard InChI is InChI=1S/C12H15N5O/c18-8-9-7-10(16-15-9)11-3-1-6-17(11)12-13-4-2-5-14-12/h2,4-5,7,11,18H,1,3,6,8H2,(H,15,16)/t11-/m0/s1. The van der Waals surface area contributed by atoms with Crippen LogP contribution in [0.5, 0.6) is 0 Å². The van der Waals surface area contributed by atoms with E-state index in [0.717, 1.165) is 36.7 Å². The Morgan fingerprint density at radius 1 is 1.39 bits per heavy atom. The molecule has 1 aliphatic heterocycles. The number of H-pyrrole nitrogens is 1. The highest BCUT2D eigenvalue weighted by Gasteiger charge is 2.29. The predicted molar refractivity (Wildman–Crippen MR) is 65.9 cm³/mol. The van der Waals surface area contributed by atoms with Crippen LogP contribution in [0.4, 0.5) is 5.95 Å². The van der Waals surface area contributed by atoms with Gasteiger partial charge in [0.05, 0.1) is 24.0 Å². The van der Waals surface area contributed by atoms with Crippen LogP contribution in [0.3, 0.4) is 0 Å². The zero-order valence-electron chi connectivity index (χ0n) is 9.95. The van der Waals surface area contributed by atoms with Crippen molar-refractivity contribution in [1.82, 2.24) is 20.2 Å². The first-order valence-corrected chi connectivity index (χ1v) is 6.07. The quantitative estimate of drug-likeness (QED) is 0.844. The zero-order chi connectivity index (χ0) is 12.4. The molecule has 1 fully saturated rings. The van der Waals surface area contributed by atoms with Crippen molar-refractivity contribution in [2.45, 2.75) is 25.5 Å². The number of aliphatic hydroxyl groups is 1. The van der Waals surface area contributed by atoms with Gasteiger partial charge < -0.3 is 10.0 Å². The largest absolute Gasteiger partial charge is 0.390 e. The Kier molecular flexibility index (Phi) is 2.93. The average Bonchev–Trinajstić information content (AvgIpc) is 3.08. The summed E-state index contributed by atoms with van der Waals surface area (Å²) in [6.07, 6.45) is 5.64. The third-order valence-electron chi connectivity index (χ3n) is 3.22. The van der Waals surface area contributed by atoms with E-state index in [4.69, 9.17) is 5.11 Å². The molecule has 18 heavy (non-hydrogen) atoms. The Morgan fingerprint density at radius 2 is 2.22 bits per heavy atom. The molecule has 0 amide bonds. The third-order valence-corrected chi connectivity index (χ3v) is 3.22. The van der Waals surface area contributed by atoms with E-state index in [0.29, 0.717) is 0 Å². The van der Waals surface area contributed by atoms with Gasteiger partial charge in [-0.05, 0) is 25.0 Å². The number of aromatic amines is 1. The van der Waals surface area contributed by atoms with Gasteiger partial charge in [-0.15, -0.1) is 0 Å². The van der Waals surface area contributed by atoms with Crippen LogP contribution in [-0.2, 0) is 6.61 Å². The van der Waals surface area contributed by atoms with E-state index in [1.807, 2.05) is 12.1 Å². The molecule has 0 aromatic carbocycles. The first-order chi connectivity index (χ1) is 8.88. The Morgan fingerprint density at radius 3 is 2.94 bits per heavy atom. The fourth-order valence-corrected chi connectivity index (χ4v) is 2.38. The molecular formula is C12H15N5O. The summed E-state index contributed by atoms with van der Waals surface area (Å²) in [7, 11) is 0. The minimum atomic E-state index is -0.0123. The van der Waals surface area contributed by atoms with Crippen LogP contribution < -0.4 is 4.90 Å². The molecular weight excluding hydrogens is 230 g/mol. The summed E-state index contributed by atoms with van der Waals surface area (Å²) in [5.74, 6) is 0.744. The van der Waals surface area contributed by atoms with Crippen LogP contribution in [0.25, 0.3) is 0 Å². The highest BCUT2D eigenvalue weighted by molar-refractivity contribution is 5.36. The van der Waals surface area contributed by atoms with Gasteiger partial charge in [0.15, 0.2) is 0 Å². The molecule has 0 radical (unpaired) electrons. The minimum absolute atomic E-state index is 0.0123. The van der Waals surface area contributed by atoms with Gasteiger partial charge >= 0.3 is 0 Å². The highest BCUT2D eigenvalue weighted by atomic mass is 16.3. The molecule has 94 valence electrons. The molecule has 3 rings (SSSR count). The van der Waals surface area contributed by atoms with Crippen molar-refractivity contribution in [2.24, 2.45) is 0 Å². The Balaban J connectivity index is 1.87. The second-order valence-electron chi connectivity index (χ2n) is 4.38. The Bertz CT molecular complexity index is 512. The number of hydrogen-bond acceptors (Lipinski definition) is 5. The molecule has 1 saturated heterocycles. The van der Waals surface area contributed by atoms with Crippen molar-refractivity contribution in [1.29, 1.82) is 0 Å². The van der Waals surface area contributed by atoms with E-state index >= 15 is 0 Å². The first-order valence-electron chi connectivity index (χ1n) is 6.07. The normalized spacial score (nSPS) is 19.4. The number of nitrogens with one attached hydrogen (secondary N) is 1. The molecule has 3 heterocycles. The van der Waals surface area contributed by atoms with Crippen molar-refractivity contribution >= 4 is 5.95 Å². The number of hydrogen-bond donors (Lipinski definition) is 2. The Hall–Kier alpha value is -1.95. The fraction of sp³-hybridized carbons (Fsp3) is 0.417. The van der Waals surface area contributed by atoms with E-state index in [1.165, 1.54) is 0 Å². The molecule has 1 aliphatic rings.